The maximum absolute atomic E-state index is 13.8. The second-order valence-corrected chi connectivity index (χ2v) is 4.66. The molecule has 1 aromatic carbocycles. The van der Waals surface area contributed by atoms with Gasteiger partial charge in [0.25, 0.3) is 0 Å². The fourth-order valence-corrected chi connectivity index (χ4v) is 2.86. The highest BCUT2D eigenvalue weighted by molar-refractivity contribution is 7.10. The Balaban J connectivity index is 2.52. The summed E-state index contributed by atoms with van der Waals surface area (Å²) in [5.41, 5.74) is 0.0146. The molecule has 0 saturated carbocycles. The molecule has 18 heavy (non-hydrogen) atoms. The summed E-state index contributed by atoms with van der Waals surface area (Å²) < 4.78 is 32.8. The zero-order valence-electron chi connectivity index (χ0n) is 10.0. The number of hydrogen-bond donors (Lipinski definition) is 1. The van der Waals surface area contributed by atoms with Gasteiger partial charge in [0.1, 0.15) is 17.4 Å². The fraction of sp³-hybridized carbons (Fsp3) is 0.231. The predicted molar refractivity (Wildman–Crippen MR) is 68.1 cm³/mol. The van der Waals surface area contributed by atoms with Crippen molar-refractivity contribution in [2.45, 2.75) is 6.04 Å². The van der Waals surface area contributed by atoms with Gasteiger partial charge in [0.15, 0.2) is 0 Å². The molecule has 1 unspecified atom stereocenters. The van der Waals surface area contributed by atoms with E-state index >= 15 is 0 Å². The van der Waals surface area contributed by atoms with E-state index in [-0.39, 0.29) is 5.56 Å². The van der Waals surface area contributed by atoms with Crippen LogP contribution in [0.25, 0.3) is 0 Å². The van der Waals surface area contributed by atoms with Crippen molar-refractivity contribution in [1.29, 1.82) is 0 Å². The Hall–Kier alpha value is -1.46. The Bertz CT molecular complexity index is 521. The van der Waals surface area contributed by atoms with Gasteiger partial charge in [-0.25, -0.2) is 8.78 Å². The third kappa shape index (κ3) is 2.23. The van der Waals surface area contributed by atoms with Gasteiger partial charge < -0.3 is 10.1 Å². The molecule has 0 bridgehead atoms. The van der Waals surface area contributed by atoms with Crippen LogP contribution in [0.3, 0.4) is 0 Å². The van der Waals surface area contributed by atoms with Gasteiger partial charge in [-0.3, -0.25) is 0 Å². The molecule has 0 fully saturated rings. The van der Waals surface area contributed by atoms with Gasteiger partial charge in [0.2, 0.25) is 0 Å². The molecule has 0 aliphatic rings. The average Bonchev–Trinajstić information content (AvgIpc) is 2.82. The molecule has 1 atom stereocenters. The number of thiophene rings is 1. The Morgan fingerprint density at radius 3 is 2.44 bits per heavy atom. The molecule has 0 amide bonds. The van der Waals surface area contributed by atoms with Crippen LogP contribution in [0, 0.1) is 11.6 Å². The van der Waals surface area contributed by atoms with Crippen molar-refractivity contribution in [3.63, 3.8) is 0 Å². The molecule has 0 saturated heterocycles. The summed E-state index contributed by atoms with van der Waals surface area (Å²) in [6, 6.07) is 5.09. The smallest absolute Gasteiger partial charge is 0.134 e. The van der Waals surface area contributed by atoms with Gasteiger partial charge >= 0.3 is 0 Å². The third-order valence-corrected chi connectivity index (χ3v) is 3.68. The lowest BCUT2D eigenvalue weighted by Gasteiger charge is -2.18. The van der Waals surface area contributed by atoms with E-state index in [2.05, 4.69) is 5.32 Å². The highest BCUT2D eigenvalue weighted by Crippen LogP contribution is 2.36. The van der Waals surface area contributed by atoms with Gasteiger partial charge in [-0.05, 0) is 30.6 Å². The van der Waals surface area contributed by atoms with E-state index < -0.39 is 17.7 Å². The first-order chi connectivity index (χ1) is 8.69. The summed E-state index contributed by atoms with van der Waals surface area (Å²) in [5.74, 6) is -0.503. The fourth-order valence-electron chi connectivity index (χ4n) is 1.88. The van der Waals surface area contributed by atoms with Gasteiger partial charge in [-0.15, -0.1) is 11.3 Å². The number of benzene rings is 1. The predicted octanol–water partition coefficient (Wildman–Crippen LogP) is 3.34. The van der Waals surface area contributed by atoms with E-state index in [4.69, 9.17) is 4.74 Å². The second-order valence-electron chi connectivity index (χ2n) is 3.71. The van der Waals surface area contributed by atoms with E-state index in [9.17, 15) is 8.78 Å². The van der Waals surface area contributed by atoms with Crippen molar-refractivity contribution in [2.24, 2.45) is 0 Å². The highest BCUT2D eigenvalue weighted by atomic mass is 32.1. The number of methoxy groups -OCH3 is 1. The molecular weight excluding hydrogens is 256 g/mol. The van der Waals surface area contributed by atoms with Gasteiger partial charge in [-0.1, -0.05) is 6.07 Å². The van der Waals surface area contributed by atoms with Crippen LogP contribution in [0.1, 0.15) is 16.5 Å². The molecule has 0 aliphatic carbocycles. The normalized spacial score (nSPS) is 12.4. The topological polar surface area (TPSA) is 21.3 Å². The number of rotatable bonds is 4. The molecule has 2 rings (SSSR count). The molecule has 1 heterocycles. The van der Waals surface area contributed by atoms with E-state index in [1.54, 1.807) is 13.1 Å². The van der Waals surface area contributed by atoms with Crippen LogP contribution in [0.5, 0.6) is 5.75 Å². The first-order valence-electron chi connectivity index (χ1n) is 5.41. The monoisotopic (exact) mass is 269 g/mol. The Morgan fingerprint density at radius 1 is 1.22 bits per heavy atom. The lowest BCUT2D eigenvalue weighted by Crippen LogP contribution is -2.20. The molecular formula is C13H13F2NOS. The molecule has 5 heteroatoms. The van der Waals surface area contributed by atoms with Crippen LogP contribution < -0.4 is 10.1 Å². The van der Waals surface area contributed by atoms with Crippen LogP contribution in [0.2, 0.25) is 0 Å². The Labute approximate surface area is 108 Å². The summed E-state index contributed by atoms with van der Waals surface area (Å²) in [6.45, 7) is 0. The second kappa shape index (κ2) is 5.46. The summed E-state index contributed by atoms with van der Waals surface area (Å²) in [7, 11) is 3.20. The van der Waals surface area contributed by atoms with Crippen molar-refractivity contribution >= 4 is 11.3 Å². The zero-order valence-corrected chi connectivity index (χ0v) is 10.9. The zero-order chi connectivity index (χ0) is 13.1. The Morgan fingerprint density at radius 2 is 1.89 bits per heavy atom. The Kier molecular flexibility index (Phi) is 3.93. The van der Waals surface area contributed by atoms with Crippen molar-refractivity contribution in [1.82, 2.24) is 5.32 Å². The van der Waals surface area contributed by atoms with Gasteiger partial charge in [-0.2, -0.15) is 0 Å². The standard InChI is InChI=1S/C13H13F2NOS/c1-16-12(13-10(17-2)6-7-18-13)11-8(14)4-3-5-9(11)15/h3-7,12,16H,1-2H3. The maximum atomic E-state index is 13.8. The largest absolute Gasteiger partial charge is 0.496 e. The first kappa shape index (κ1) is 13.0. The van der Waals surface area contributed by atoms with Gasteiger partial charge in [0.05, 0.1) is 18.0 Å². The highest BCUT2D eigenvalue weighted by Gasteiger charge is 2.24. The summed E-state index contributed by atoms with van der Waals surface area (Å²) in [6.07, 6.45) is 0. The van der Waals surface area contributed by atoms with Crippen LogP contribution >= 0.6 is 11.3 Å². The lowest BCUT2D eigenvalue weighted by atomic mass is 10.0. The maximum Gasteiger partial charge on any atom is 0.134 e. The van der Waals surface area contributed by atoms with Crippen molar-refractivity contribution in [3.8, 4) is 5.75 Å². The van der Waals surface area contributed by atoms with E-state index in [0.717, 1.165) is 4.88 Å². The number of nitrogens with one attached hydrogen (secondary N) is 1. The summed E-state index contributed by atoms with van der Waals surface area (Å²) in [5, 5.41) is 4.76. The van der Waals surface area contributed by atoms with Crippen LogP contribution in [0.15, 0.2) is 29.6 Å². The van der Waals surface area contributed by atoms with Crippen molar-refractivity contribution in [3.05, 3.63) is 51.7 Å². The summed E-state index contributed by atoms with van der Waals surface area (Å²) in [4.78, 5) is 0.754. The third-order valence-electron chi connectivity index (χ3n) is 2.72. The van der Waals surface area contributed by atoms with Crippen molar-refractivity contribution in [2.75, 3.05) is 14.2 Å². The summed E-state index contributed by atoms with van der Waals surface area (Å²) >= 11 is 1.40. The van der Waals surface area contributed by atoms with Crippen LogP contribution in [-0.2, 0) is 0 Å². The minimum atomic E-state index is -0.565. The number of halogens is 2. The number of hydrogen-bond acceptors (Lipinski definition) is 3. The average molecular weight is 269 g/mol. The minimum absolute atomic E-state index is 0.0146. The molecule has 96 valence electrons. The molecule has 2 nitrogen and oxygen atoms in total. The van der Waals surface area contributed by atoms with Crippen LogP contribution in [-0.4, -0.2) is 14.2 Å². The molecule has 1 N–H and O–H groups in total. The molecule has 1 aromatic heterocycles. The molecule has 0 spiro atoms. The number of ether oxygens (including phenoxy) is 1. The van der Waals surface area contributed by atoms with Gasteiger partial charge in [0, 0.05) is 5.56 Å². The van der Waals surface area contributed by atoms with E-state index in [1.807, 2.05) is 5.38 Å². The molecule has 0 aliphatic heterocycles. The van der Waals surface area contributed by atoms with Crippen molar-refractivity contribution < 1.29 is 13.5 Å². The SMILES string of the molecule is CNC(c1sccc1OC)c1c(F)cccc1F. The lowest BCUT2D eigenvalue weighted by molar-refractivity contribution is 0.407. The quantitative estimate of drug-likeness (QED) is 0.919. The van der Waals surface area contributed by atoms with E-state index in [1.165, 1.54) is 36.6 Å². The molecule has 2 aromatic rings. The van der Waals surface area contributed by atoms with Crippen LogP contribution in [0.4, 0.5) is 8.78 Å². The van der Waals surface area contributed by atoms with E-state index in [0.29, 0.717) is 5.75 Å². The molecule has 0 radical (unpaired) electrons. The minimum Gasteiger partial charge on any atom is -0.496 e. The first-order valence-corrected chi connectivity index (χ1v) is 6.29.